The lowest BCUT2D eigenvalue weighted by molar-refractivity contribution is 0.150. The molecule has 28 heavy (non-hydrogen) atoms. The fourth-order valence-corrected chi connectivity index (χ4v) is 5.07. The van der Waals surface area contributed by atoms with Crippen LogP contribution in [0, 0.1) is 5.95 Å². The summed E-state index contributed by atoms with van der Waals surface area (Å²) >= 11 is 6.52. The molecule has 0 unspecified atom stereocenters. The second kappa shape index (κ2) is 6.61. The van der Waals surface area contributed by atoms with Crippen molar-refractivity contribution in [3.8, 4) is 10.8 Å². The standard InChI is InChI=1S/C14H10ClF4N5O2S2/c15-7-3-6(28(25,26)23-14(5-16)1-2-14)4-24-8(7)10(19)20-11(24)13-22-21-12(27-13)9(17)18/h3-4,9,23H,1-2,5H2. The molecule has 0 radical (unpaired) electrons. The zero-order valence-electron chi connectivity index (χ0n) is 13.7. The van der Waals surface area contributed by atoms with Gasteiger partial charge in [0, 0.05) is 6.20 Å². The van der Waals surface area contributed by atoms with Crippen molar-refractivity contribution in [3.05, 3.63) is 28.2 Å². The fourth-order valence-electron chi connectivity index (χ4n) is 2.57. The molecule has 1 fully saturated rings. The first-order valence-electron chi connectivity index (χ1n) is 7.75. The van der Waals surface area contributed by atoms with Crippen molar-refractivity contribution in [3.63, 3.8) is 0 Å². The van der Waals surface area contributed by atoms with E-state index >= 15 is 0 Å². The number of fused-ring (bicyclic) bond motifs is 1. The maximum Gasteiger partial charge on any atom is 0.291 e. The van der Waals surface area contributed by atoms with Gasteiger partial charge in [-0.25, -0.2) is 26.3 Å². The van der Waals surface area contributed by atoms with Gasteiger partial charge in [0.1, 0.15) is 17.1 Å². The third-order valence-corrected chi connectivity index (χ3v) is 6.97. The van der Waals surface area contributed by atoms with Gasteiger partial charge >= 0.3 is 0 Å². The summed E-state index contributed by atoms with van der Waals surface area (Å²) in [6.45, 7) is -0.867. The molecule has 0 aromatic carbocycles. The largest absolute Gasteiger partial charge is 0.292 e. The van der Waals surface area contributed by atoms with Gasteiger partial charge < -0.3 is 0 Å². The summed E-state index contributed by atoms with van der Waals surface area (Å²) in [5.41, 5.74) is -1.40. The molecule has 0 saturated heterocycles. The maximum atomic E-state index is 14.3. The zero-order valence-corrected chi connectivity index (χ0v) is 16.1. The lowest BCUT2D eigenvalue weighted by Gasteiger charge is -2.14. The smallest absolute Gasteiger partial charge is 0.291 e. The highest BCUT2D eigenvalue weighted by atomic mass is 35.5. The minimum Gasteiger partial charge on any atom is -0.292 e. The molecule has 0 amide bonds. The number of sulfonamides is 1. The summed E-state index contributed by atoms with van der Waals surface area (Å²) in [6.07, 6.45) is -1.15. The predicted molar refractivity (Wildman–Crippen MR) is 92.3 cm³/mol. The Morgan fingerprint density at radius 3 is 2.64 bits per heavy atom. The quantitative estimate of drug-likeness (QED) is 0.576. The Morgan fingerprint density at radius 1 is 1.36 bits per heavy atom. The van der Waals surface area contributed by atoms with Crippen LogP contribution in [0.4, 0.5) is 17.6 Å². The van der Waals surface area contributed by atoms with Crippen molar-refractivity contribution >= 4 is 38.5 Å². The Hall–Kier alpha value is -1.83. The number of imidazole rings is 1. The number of alkyl halides is 3. The fraction of sp³-hybridized carbons (Fsp3) is 0.357. The molecule has 4 rings (SSSR count). The number of hydrogen-bond acceptors (Lipinski definition) is 6. The summed E-state index contributed by atoms with van der Waals surface area (Å²) in [5, 5.41) is 5.85. The summed E-state index contributed by atoms with van der Waals surface area (Å²) in [4.78, 5) is 3.26. The molecule has 3 aromatic heterocycles. The minimum atomic E-state index is -4.18. The van der Waals surface area contributed by atoms with Crippen molar-refractivity contribution in [2.45, 2.75) is 29.7 Å². The maximum absolute atomic E-state index is 14.3. The number of aromatic nitrogens is 4. The number of nitrogens with one attached hydrogen (secondary N) is 1. The van der Waals surface area contributed by atoms with Gasteiger partial charge in [-0.15, -0.1) is 10.2 Å². The Labute approximate surface area is 164 Å². The third kappa shape index (κ3) is 3.25. The van der Waals surface area contributed by atoms with Gasteiger partial charge in [-0.05, 0) is 18.9 Å². The van der Waals surface area contributed by atoms with Crippen LogP contribution in [0.5, 0.6) is 0 Å². The number of rotatable bonds is 6. The van der Waals surface area contributed by atoms with Crippen LogP contribution in [-0.2, 0) is 10.0 Å². The van der Waals surface area contributed by atoms with E-state index in [1.54, 1.807) is 0 Å². The molecule has 1 N–H and O–H groups in total. The third-order valence-electron chi connectivity index (χ3n) is 4.21. The van der Waals surface area contributed by atoms with E-state index in [0.29, 0.717) is 24.2 Å². The van der Waals surface area contributed by atoms with E-state index in [9.17, 15) is 26.0 Å². The number of nitrogens with zero attached hydrogens (tertiary/aromatic N) is 4. The molecule has 7 nitrogen and oxygen atoms in total. The minimum absolute atomic E-state index is 0.143. The van der Waals surface area contributed by atoms with Gasteiger partial charge in [-0.2, -0.15) is 9.37 Å². The van der Waals surface area contributed by atoms with Crippen molar-refractivity contribution in [1.29, 1.82) is 0 Å². The first kappa shape index (κ1) is 19.5. The monoisotopic (exact) mass is 455 g/mol. The van der Waals surface area contributed by atoms with E-state index in [1.807, 2.05) is 0 Å². The molecular weight excluding hydrogens is 446 g/mol. The van der Waals surface area contributed by atoms with E-state index < -0.39 is 39.6 Å². The van der Waals surface area contributed by atoms with Crippen molar-refractivity contribution < 1.29 is 26.0 Å². The highest BCUT2D eigenvalue weighted by Gasteiger charge is 2.46. The summed E-state index contributed by atoms with van der Waals surface area (Å²) in [5.74, 6) is -1.27. The molecule has 14 heteroatoms. The Morgan fingerprint density at radius 2 is 2.07 bits per heavy atom. The topological polar surface area (TPSA) is 89.2 Å². The van der Waals surface area contributed by atoms with Crippen LogP contribution in [0.2, 0.25) is 5.02 Å². The number of hydrogen-bond donors (Lipinski definition) is 1. The SMILES string of the molecule is O=S(=O)(NC1(CF)CC1)c1cc(Cl)c2c(F)nc(-c3nnc(C(F)F)s3)n2c1. The molecule has 0 aliphatic heterocycles. The second-order valence-corrected chi connectivity index (χ2v) is 9.33. The van der Waals surface area contributed by atoms with Crippen LogP contribution in [0.25, 0.3) is 16.3 Å². The molecule has 150 valence electrons. The molecule has 0 spiro atoms. The first-order chi connectivity index (χ1) is 13.2. The van der Waals surface area contributed by atoms with Crippen LogP contribution >= 0.6 is 22.9 Å². The number of pyridine rings is 1. The van der Waals surface area contributed by atoms with Gasteiger partial charge in [-0.1, -0.05) is 22.9 Å². The van der Waals surface area contributed by atoms with Gasteiger partial charge in [-0.3, -0.25) is 4.40 Å². The highest BCUT2D eigenvalue weighted by molar-refractivity contribution is 7.89. The van der Waals surface area contributed by atoms with Crippen molar-refractivity contribution in [2.75, 3.05) is 6.67 Å². The molecule has 3 heterocycles. The zero-order chi connectivity index (χ0) is 20.3. The van der Waals surface area contributed by atoms with Crippen molar-refractivity contribution in [1.82, 2.24) is 24.3 Å². The van der Waals surface area contributed by atoms with E-state index in [2.05, 4.69) is 19.9 Å². The molecule has 1 aliphatic rings. The molecule has 0 bridgehead atoms. The summed E-state index contributed by atoms with van der Waals surface area (Å²) in [7, 11) is -4.18. The first-order valence-corrected chi connectivity index (χ1v) is 10.4. The van der Waals surface area contributed by atoms with Crippen LogP contribution in [0.1, 0.15) is 24.3 Å². The average molecular weight is 456 g/mol. The van der Waals surface area contributed by atoms with Crippen LogP contribution in [-0.4, -0.2) is 40.2 Å². The van der Waals surface area contributed by atoms with Gasteiger partial charge in [0.05, 0.1) is 10.6 Å². The molecule has 0 atom stereocenters. The number of halogens is 5. The van der Waals surface area contributed by atoms with Gasteiger partial charge in [0.25, 0.3) is 6.43 Å². The molecule has 1 saturated carbocycles. The van der Waals surface area contributed by atoms with Crippen LogP contribution in [0.15, 0.2) is 17.2 Å². The highest BCUT2D eigenvalue weighted by Crippen LogP contribution is 2.38. The predicted octanol–water partition coefficient (Wildman–Crippen LogP) is 3.36. The van der Waals surface area contributed by atoms with Crippen molar-refractivity contribution in [2.24, 2.45) is 0 Å². The van der Waals surface area contributed by atoms with E-state index in [-0.39, 0.29) is 26.3 Å². The Balaban J connectivity index is 1.85. The Bertz CT molecular complexity index is 1180. The van der Waals surface area contributed by atoms with Crippen LogP contribution < -0.4 is 4.72 Å². The van der Waals surface area contributed by atoms with Gasteiger partial charge in [0.2, 0.25) is 16.0 Å². The lowest BCUT2D eigenvalue weighted by Crippen LogP contribution is -2.38. The molecule has 3 aromatic rings. The van der Waals surface area contributed by atoms with E-state index in [1.165, 1.54) is 0 Å². The average Bonchev–Trinajstić information content (AvgIpc) is 3.07. The molecular formula is C14H10ClF4N5O2S2. The normalized spacial score (nSPS) is 16.2. The van der Waals surface area contributed by atoms with E-state index in [0.717, 1.165) is 16.7 Å². The van der Waals surface area contributed by atoms with Gasteiger partial charge in [0.15, 0.2) is 15.8 Å². The molecule has 1 aliphatic carbocycles. The lowest BCUT2D eigenvalue weighted by atomic mass is 10.3. The summed E-state index contributed by atoms with van der Waals surface area (Å²) < 4.78 is 81.3. The van der Waals surface area contributed by atoms with Crippen LogP contribution in [0.3, 0.4) is 0 Å². The Kier molecular flexibility index (Phi) is 4.60. The summed E-state index contributed by atoms with van der Waals surface area (Å²) in [6, 6.07) is 1.01. The van der Waals surface area contributed by atoms with E-state index in [4.69, 9.17) is 11.6 Å². The second-order valence-electron chi connectivity index (χ2n) is 6.23.